The van der Waals surface area contributed by atoms with Crippen molar-refractivity contribution in [3.8, 4) is 0 Å². The first-order chi connectivity index (χ1) is 15.5. The lowest BCUT2D eigenvalue weighted by Crippen LogP contribution is -2.59. The minimum atomic E-state index is -6.43. The molecule has 0 bridgehead atoms. The van der Waals surface area contributed by atoms with Crippen molar-refractivity contribution < 1.29 is 35.1 Å². The summed E-state index contributed by atoms with van der Waals surface area (Å²) >= 11 is 0. The summed E-state index contributed by atoms with van der Waals surface area (Å²) in [5.41, 5.74) is 9.11. The highest BCUT2D eigenvalue weighted by molar-refractivity contribution is 5.59. The predicted molar refractivity (Wildman–Crippen MR) is 113 cm³/mol. The summed E-state index contributed by atoms with van der Waals surface area (Å²) in [6.45, 7) is 2.53. The molecule has 34 heavy (non-hydrogen) atoms. The summed E-state index contributed by atoms with van der Waals surface area (Å²) < 4.78 is 119. The van der Waals surface area contributed by atoms with E-state index in [9.17, 15) is 35.1 Å². The van der Waals surface area contributed by atoms with Gasteiger partial charge in [0.05, 0.1) is 0 Å². The van der Waals surface area contributed by atoms with Gasteiger partial charge in [-0.15, -0.1) is 0 Å². The third-order valence-electron chi connectivity index (χ3n) is 6.78. The molecule has 0 atom stereocenters. The lowest BCUT2D eigenvalue weighted by Gasteiger charge is -2.37. The number of aryl methyl sites for hydroxylation is 2. The minimum Gasteiger partial charge on any atom is -0.398 e. The van der Waals surface area contributed by atoms with E-state index in [2.05, 4.69) is 0 Å². The molecule has 4 rings (SSSR count). The van der Waals surface area contributed by atoms with E-state index in [0.717, 1.165) is 0 Å². The van der Waals surface area contributed by atoms with Gasteiger partial charge in [0.1, 0.15) is 0 Å². The van der Waals surface area contributed by atoms with Crippen LogP contribution in [0, 0.1) is 13.8 Å². The van der Waals surface area contributed by atoms with E-state index in [1.165, 1.54) is 13.8 Å². The molecule has 2 aromatic carbocycles. The Hall–Kier alpha value is -2.52. The Kier molecular flexibility index (Phi) is 5.42. The fraction of sp³-hybridized carbons (Fsp3) is 0.500. The van der Waals surface area contributed by atoms with Crippen LogP contribution in [-0.2, 0) is 11.8 Å². The SMILES string of the molecule is Cc1cc(C(F)(F)C(F)(F)C(F)(F)C(F)(F)c2cc(C)c(N)c(C3CC3)c2)cc(C2CC2)c1N. The summed E-state index contributed by atoms with van der Waals surface area (Å²) in [7, 11) is 0. The van der Waals surface area contributed by atoms with Crippen LogP contribution >= 0.6 is 0 Å². The van der Waals surface area contributed by atoms with Crippen molar-refractivity contribution in [2.45, 2.75) is 75.1 Å². The number of halogens is 8. The molecule has 2 aliphatic carbocycles. The van der Waals surface area contributed by atoms with Crippen molar-refractivity contribution in [1.82, 2.24) is 0 Å². The summed E-state index contributed by atoms with van der Waals surface area (Å²) in [6.07, 6.45) is 2.29. The van der Waals surface area contributed by atoms with Crippen LogP contribution in [0.4, 0.5) is 46.5 Å². The number of rotatable bonds is 7. The number of nitrogen functional groups attached to an aromatic ring is 2. The Bertz CT molecular complexity index is 1040. The molecule has 2 aliphatic rings. The minimum absolute atomic E-state index is 0.0202. The molecule has 0 amide bonds. The first-order valence-electron chi connectivity index (χ1n) is 10.9. The van der Waals surface area contributed by atoms with E-state index < -0.39 is 34.8 Å². The van der Waals surface area contributed by atoms with Gasteiger partial charge in [0, 0.05) is 22.5 Å². The standard InChI is InChI=1S/C24H24F8N2/c1-11-7-15(9-17(19(11)33)13-3-4-13)21(25,26)23(29,30)24(31,32)22(27,28)16-8-12(2)20(34)18(10-16)14-5-6-14/h7-10,13-14H,3-6,33-34H2,1-2H3. The molecule has 10 heteroatoms. The normalized spacial score (nSPS) is 17.8. The van der Waals surface area contributed by atoms with Crippen molar-refractivity contribution in [2.24, 2.45) is 0 Å². The molecular formula is C24H24F8N2. The van der Waals surface area contributed by atoms with E-state index in [4.69, 9.17) is 11.5 Å². The van der Waals surface area contributed by atoms with Crippen LogP contribution in [-0.4, -0.2) is 11.8 Å². The van der Waals surface area contributed by atoms with Crippen LogP contribution in [0.15, 0.2) is 24.3 Å². The van der Waals surface area contributed by atoms with Gasteiger partial charge in [0.25, 0.3) is 0 Å². The second kappa shape index (κ2) is 7.49. The zero-order valence-corrected chi connectivity index (χ0v) is 18.5. The van der Waals surface area contributed by atoms with Crippen molar-refractivity contribution in [3.63, 3.8) is 0 Å². The number of nitrogens with two attached hydrogens (primary N) is 2. The van der Waals surface area contributed by atoms with Crippen LogP contribution in [0.2, 0.25) is 0 Å². The molecule has 186 valence electrons. The average Bonchev–Trinajstić information content (AvgIpc) is 3.64. The Labute approximate surface area is 191 Å². The molecule has 0 aliphatic heterocycles. The highest BCUT2D eigenvalue weighted by Crippen LogP contribution is 2.60. The Morgan fingerprint density at radius 1 is 0.588 bits per heavy atom. The van der Waals surface area contributed by atoms with Crippen LogP contribution < -0.4 is 11.5 Å². The number of hydrogen-bond acceptors (Lipinski definition) is 2. The van der Waals surface area contributed by atoms with Crippen molar-refractivity contribution in [1.29, 1.82) is 0 Å². The molecule has 0 aromatic heterocycles. The highest BCUT2D eigenvalue weighted by Gasteiger charge is 2.81. The molecule has 4 N–H and O–H groups in total. The number of benzene rings is 2. The predicted octanol–water partition coefficient (Wildman–Crippen LogP) is 7.38. The molecule has 2 aromatic rings. The van der Waals surface area contributed by atoms with Gasteiger partial charge in [0.2, 0.25) is 0 Å². The van der Waals surface area contributed by atoms with Crippen molar-refractivity contribution >= 4 is 11.4 Å². The third-order valence-corrected chi connectivity index (χ3v) is 6.78. The van der Waals surface area contributed by atoms with E-state index >= 15 is 0 Å². The molecule has 2 saturated carbocycles. The van der Waals surface area contributed by atoms with Crippen molar-refractivity contribution in [3.05, 3.63) is 57.6 Å². The molecule has 0 saturated heterocycles. The van der Waals surface area contributed by atoms with Gasteiger partial charge >= 0.3 is 23.7 Å². The van der Waals surface area contributed by atoms with Crippen LogP contribution in [0.5, 0.6) is 0 Å². The number of alkyl halides is 8. The maximum absolute atomic E-state index is 15.0. The van der Waals surface area contributed by atoms with Crippen LogP contribution in [0.25, 0.3) is 0 Å². The molecule has 0 unspecified atom stereocenters. The van der Waals surface area contributed by atoms with Crippen LogP contribution in [0.1, 0.15) is 70.9 Å². The maximum atomic E-state index is 15.0. The third kappa shape index (κ3) is 3.51. The lowest BCUT2D eigenvalue weighted by atomic mass is 9.87. The first kappa shape index (κ1) is 24.6. The molecular weight excluding hydrogens is 468 g/mol. The topological polar surface area (TPSA) is 52.0 Å². The largest absolute Gasteiger partial charge is 0.398 e. The Balaban J connectivity index is 1.79. The average molecular weight is 492 g/mol. The summed E-state index contributed by atoms with van der Waals surface area (Å²) in [6, 6.07) is 2.34. The quantitative estimate of drug-likeness (QED) is 0.313. The summed E-state index contributed by atoms with van der Waals surface area (Å²) in [5.74, 6) is -24.6. The first-order valence-corrected chi connectivity index (χ1v) is 10.9. The fourth-order valence-corrected chi connectivity index (χ4v) is 4.23. The fourth-order valence-electron chi connectivity index (χ4n) is 4.23. The van der Waals surface area contributed by atoms with E-state index in [1.54, 1.807) is 0 Å². The Morgan fingerprint density at radius 3 is 1.15 bits per heavy atom. The van der Waals surface area contributed by atoms with Gasteiger partial charge in [-0.1, -0.05) is 0 Å². The molecule has 0 radical (unpaired) electrons. The molecule has 0 heterocycles. The molecule has 2 nitrogen and oxygen atoms in total. The van der Waals surface area contributed by atoms with Crippen molar-refractivity contribution in [2.75, 3.05) is 11.5 Å². The van der Waals surface area contributed by atoms with E-state index in [0.29, 0.717) is 49.9 Å². The highest BCUT2D eigenvalue weighted by atomic mass is 19.4. The zero-order chi connectivity index (χ0) is 25.4. The number of hydrogen-bond donors (Lipinski definition) is 2. The molecule has 0 spiro atoms. The van der Waals surface area contributed by atoms with Crippen LogP contribution in [0.3, 0.4) is 0 Å². The van der Waals surface area contributed by atoms with E-state index in [1.807, 2.05) is 0 Å². The van der Waals surface area contributed by atoms with E-state index in [-0.39, 0.29) is 45.5 Å². The van der Waals surface area contributed by atoms with Gasteiger partial charge in [-0.25, -0.2) is 0 Å². The van der Waals surface area contributed by atoms with Gasteiger partial charge in [-0.2, -0.15) is 35.1 Å². The maximum Gasteiger partial charge on any atom is 0.382 e. The Morgan fingerprint density at radius 2 is 0.882 bits per heavy atom. The lowest BCUT2D eigenvalue weighted by molar-refractivity contribution is -0.374. The second-order valence-corrected chi connectivity index (χ2v) is 9.44. The number of anilines is 2. The monoisotopic (exact) mass is 492 g/mol. The molecule has 2 fully saturated rings. The smallest absolute Gasteiger partial charge is 0.382 e. The second-order valence-electron chi connectivity index (χ2n) is 9.44. The van der Waals surface area contributed by atoms with Gasteiger partial charge in [0.15, 0.2) is 0 Å². The van der Waals surface area contributed by atoms with Gasteiger partial charge < -0.3 is 11.5 Å². The van der Waals surface area contributed by atoms with Gasteiger partial charge in [-0.3, -0.25) is 0 Å². The van der Waals surface area contributed by atoms with Gasteiger partial charge in [-0.05, 0) is 97.9 Å². The zero-order valence-electron chi connectivity index (χ0n) is 18.5. The summed E-state index contributed by atoms with van der Waals surface area (Å²) in [4.78, 5) is 0. The summed E-state index contributed by atoms with van der Waals surface area (Å²) in [5, 5.41) is 0.